The molecule has 2 aliphatic heterocycles. The Kier molecular flexibility index (Phi) is 16.8. The Balaban J connectivity index is 2.42. The summed E-state index contributed by atoms with van der Waals surface area (Å²) in [5.41, 5.74) is 2.21. The van der Waals surface area contributed by atoms with Crippen LogP contribution in [-0.2, 0) is 76.1 Å². The molecule has 9 atom stereocenters. The van der Waals surface area contributed by atoms with Gasteiger partial charge in [0, 0.05) is 41.5 Å². The van der Waals surface area contributed by atoms with Gasteiger partial charge in [0.05, 0.1) is 13.2 Å². The van der Waals surface area contributed by atoms with E-state index in [-0.39, 0.29) is 13.2 Å². The molecule has 0 N–H and O–H groups in total. The molecule has 2 heterocycles. The van der Waals surface area contributed by atoms with Crippen LogP contribution in [0.1, 0.15) is 75.2 Å². The molecule has 0 aliphatic carbocycles. The summed E-state index contributed by atoms with van der Waals surface area (Å²) in [6.07, 6.45) is -6.24. The molecule has 0 aromatic carbocycles. The predicted molar refractivity (Wildman–Crippen MR) is 166 cm³/mol. The first-order chi connectivity index (χ1) is 23.0. The van der Waals surface area contributed by atoms with Crippen LogP contribution in [0.25, 0.3) is 0 Å². The number of carbonyl (C=O) groups is 6. The van der Waals surface area contributed by atoms with Crippen LogP contribution >= 0.6 is 0 Å². The lowest BCUT2D eigenvalue weighted by Gasteiger charge is -2.44. The monoisotopic (exact) mass is 700 g/mol. The number of allylic oxidation sites excluding steroid dienone is 3. The lowest BCUT2D eigenvalue weighted by molar-refractivity contribution is -0.313. The van der Waals surface area contributed by atoms with E-state index in [1.165, 1.54) is 12.5 Å². The van der Waals surface area contributed by atoms with E-state index < -0.39 is 97.7 Å². The summed E-state index contributed by atoms with van der Waals surface area (Å²) in [5.74, 6) is -4.42. The Morgan fingerprint density at radius 2 is 0.939 bits per heavy atom. The van der Waals surface area contributed by atoms with Crippen molar-refractivity contribution in [2.75, 3.05) is 19.8 Å². The average molecular weight is 701 g/mol. The van der Waals surface area contributed by atoms with E-state index in [0.29, 0.717) is 0 Å². The molecule has 0 spiro atoms. The first kappa shape index (κ1) is 41.3. The van der Waals surface area contributed by atoms with E-state index in [0.717, 1.165) is 53.0 Å². The van der Waals surface area contributed by atoms with E-state index in [9.17, 15) is 28.8 Å². The van der Waals surface area contributed by atoms with E-state index in [4.69, 9.17) is 47.4 Å². The molecule has 16 nitrogen and oxygen atoms in total. The van der Waals surface area contributed by atoms with Crippen molar-refractivity contribution in [2.45, 2.75) is 130 Å². The fourth-order valence-electron chi connectivity index (χ4n) is 5.10. The smallest absolute Gasteiger partial charge is 0.303 e. The minimum Gasteiger partial charge on any atom is -0.463 e. The topological polar surface area (TPSA) is 195 Å². The zero-order valence-electron chi connectivity index (χ0n) is 29.4. The molecule has 0 amide bonds. The summed E-state index contributed by atoms with van der Waals surface area (Å²) in [5, 5.41) is 0. The van der Waals surface area contributed by atoms with Crippen molar-refractivity contribution >= 4 is 35.8 Å². The van der Waals surface area contributed by atoms with Gasteiger partial charge in [0.15, 0.2) is 43.1 Å². The van der Waals surface area contributed by atoms with Gasteiger partial charge in [-0.1, -0.05) is 23.3 Å². The van der Waals surface area contributed by atoms with E-state index in [1.54, 1.807) is 0 Å². The minimum atomic E-state index is -1.40. The second-order valence-electron chi connectivity index (χ2n) is 11.8. The van der Waals surface area contributed by atoms with Gasteiger partial charge in [-0.3, -0.25) is 28.8 Å². The molecule has 49 heavy (non-hydrogen) atoms. The van der Waals surface area contributed by atoms with Gasteiger partial charge in [0.1, 0.15) is 18.8 Å². The van der Waals surface area contributed by atoms with E-state index in [2.05, 4.69) is 6.08 Å². The number of hydrogen-bond acceptors (Lipinski definition) is 16. The zero-order chi connectivity index (χ0) is 36.8. The molecule has 2 fully saturated rings. The number of rotatable bonds is 16. The molecule has 276 valence electrons. The third-order valence-electron chi connectivity index (χ3n) is 7.03. The number of carbonyl (C=O) groups excluding carboxylic acids is 6. The van der Waals surface area contributed by atoms with E-state index in [1.807, 2.05) is 26.8 Å². The molecule has 0 aromatic heterocycles. The van der Waals surface area contributed by atoms with Crippen molar-refractivity contribution in [1.82, 2.24) is 0 Å². The summed E-state index contributed by atoms with van der Waals surface area (Å²) in [6, 6.07) is 0. The second-order valence-corrected chi connectivity index (χ2v) is 11.8. The molecular formula is C33H48O16. The lowest BCUT2D eigenvalue weighted by Crippen LogP contribution is -2.63. The fourth-order valence-corrected chi connectivity index (χ4v) is 5.10. The Morgan fingerprint density at radius 1 is 0.510 bits per heavy atom. The predicted octanol–water partition coefficient (Wildman–Crippen LogP) is 2.38. The lowest BCUT2D eigenvalue weighted by atomic mass is 9.98. The number of ether oxygens (including phenoxy) is 10. The maximum absolute atomic E-state index is 12.2. The Morgan fingerprint density at radius 3 is 1.43 bits per heavy atom. The summed E-state index contributed by atoms with van der Waals surface area (Å²) in [4.78, 5) is 72.1. The maximum atomic E-state index is 12.2. The third kappa shape index (κ3) is 14.3. The quantitative estimate of drug-likeness (QED) is 0.129. The van der Waals surface area contributed by atoms with Gasteiger partial charge in [0.2, 0.25) is 0 Å². The van der Waals surface area contributed by atoms with Crippen LogP contribution in [0.3, 0.4) is 0 Å². The van der Waals surface area contributed by atoms with Crippen LogP contribution < -0.4 is 0 Å². The normalized spacial score (nSPS) is 28.1. The highest BCUT2D eigenvalue weighted by Gasteiger charge is 2.54. The van der Waals surface area contributed by atoms with Crippen LogP contribution in [0.15, 0.2) is 23.3 Å². The fraction of sp³-hybridized carbons (Fsp3) is 0.697. The molecule has 0 saturated carbocycles. The van der Waals surface area contributed by atoms with Crippen LogP contribution in [0.5, 0.6) is 0 Å². The molecule has 16 heteroatoms. The molecule has 2 rings (SSSR count). The van der Waals surface area contributed by atoms with Gasteiger partial charge < -0.3 is 47.4 Å². The largest absolute Gasteiger partial charge is 0.463 e. The summed E-state index contributed by atoms with van der Waals surface area (Å²) >= 11 is 0. The van der Waals surface area contributed by atoms with Crippen molar-refractivity contribution in [2.24, 2.45) is 0 Å². The van der Waals surface area contributed by atoms with Crippen molar-refractivity contribution < 1.29 is 76.1 Å². The standard InChI is InChI=1S/C33H48O16/c1-17(2)11-10-12-18(3)13-14-40-32-31(47-24(9)39)29(45-22(7)37)27(43-20(5)35)26(48-32)16-42-33-30(46-23(8)38)28(44-21(6)36)25(49-33)15-41-19(4)34/h11,13,25-33H,10,12,14-16H2,1-9H3/b18-13+/t25-,26-,27-,28-,29+,30+,31-,32-,33+/m1/s1. The third-order valence-corrected chi connectivity index (χ3v) is 7.03. The van der Waals surface area contributed by atoms with Crippen LogP contribution in [-0.4, -0.2) is 111 Å². The number of esters is 6. The maximum Gasteiger partial charge on any atom is 0.303 e. The van der Waals surface area contributed by atoms with Crippen LogP contribution in [0.2, 0.25) is 0 Å². The average Bonchev–Trinajstić information content (AvgIpc) is 3.27. The summed E-state index contributed by atoms with van der Waals surface area (Å²) < 4.78 is 56.2. The Hall–Kier alpha value is -3.86. The SMILES string of the molecule is CC(=O)OC[C@H]1O[C@H](OC[C@H]2O[C@@H](OC/C=C(\C)CCC=C(C)C)[C@H](OC(C)=O)[C@@H](OC(C)=O)[C@@H]2OC(C)=O)[C@@H](OC(C)=O)[C@@H]1OC(C)=O. The summed E-state index contributed by atoms with van der Waals surface area (Å²) in [6.45, 7) is 12.0. The Bertz CT molecular complexity index is 1240. The summed E-state index contributed by atoms with van der Waals surface area (Å²) in [7, 11) is 0. The highest BCUT2D eigenvalue weighted by Crippen LogP contribution is 2.33. The van der Waals surface area contributed by atoms with Crippen molar-refractivity contribution in [3.8, 4) is 0 Å². The van der Waals surface area contributed by atoms with Crippen LogP contribution in [0, 0.1) is 0 Å². The zero-order valence-corrected chi connectivity index (χ0v) is 29.4. The van der Waals surface area contributed by atoms with E-state index >= 15 is 0 Å². The first-order valence-electron chi connectivity index (χ1n) is 15.8. The molecule has 2 saturated heterocycles. The highest BCUT2D eigenvalue weighted by atomic mass is 16.8. The highest BCUT2D eigenvalue weighted by molar-refractivity contribution is 5.69. The molecule has 2 aliphatic rings. The van der Waals surface area contributed by atoms with Gasteiger partial charge in [0.25, 0.3) is 0 Å². The molecule has 0 radical (unpaired) electrons. The van der Waals surface area contributed by atoms with Crippen molar-refractivity contribution in [3.05, 3.63) is 23.3 Å². The molecule has 0 aromatic rings. The Labute approximate surface area is 285 Å². The van der Waals surface area contributed by atoms with Gasteiger partial charge in [-0.25, -0.2) is 0 Å². The van der Waals surface area contributed by atoms with Gasteiger partial charge >= 0.3 is 35.8 Å². The van der Waals surface area contributed by atoms with Gasteiger partial charge in [-0.15, -0.1) is 0 Å². The number of hydrogen-bond donors (Lipinski definition) is 0. The van der Waals surface area contributed by atoms with Crippen LogP contribution in [0.4, 0.5) is 0 Å². The molecule has 0 unspecified atom stereocenters. The second kappa shape index (κ2) is 20.0. The molecule has 0 bridgehead atoms. The first-order valence-corrected chi connectivity index (χ1v) is 15.8. The molecular weight excluding hydrogens is 652 g/mol. The minimum absolute atomic E-state index is 0.0177. The van der Waals surface area contributed by atoms with Crippen molar-refractivity contribution in [1.29, 1.82) is 0 Å². The van der Waals surface area contributed by atoms with Crippen molar-refractivity contribution in [3.63, 3.8) is 0 Å². The van der Waals surface area contributed by atoms with Gasteiger partial charge in [-0.2, -0.15) is 0 Å². The van der Waals surface area contributed by atoms with Gasteiger partial charge in [-0.05, 0) is 33.6 Å².